The summed E-state index contributed by atoms with van der Waals surface area (Å²) in [6.07, 6.45) is 0.938. The molecule has 1 aliphatic heterocycles. The van der Waals surface area contributed by atoms with Crippen LogP contribution in [0.3, 0.4) is 0 Å². The van der Waals surface area contributed by atoms with Crippen LogP contribution < -0.4 is 19.1 Å². The zero-order valence-electron chi connectivity index (χ0n) is 17.9. The first-order chi connectivity index (χ1) is 15.2. The van der Waals surface area contributed by atoms with Crippen LogP contribution in [0.4, 0.5) is 11.4 Å². The van der Waals surface area contributed by atoms with E-state index in [1.807, 2.05) is 54.6 Å². The maximum absolute atomic E-state index is 6.07. The fourth-order valence-electron chi connectivity index (χ4n) is 4.26. The highest BCUT2D eigenvalue weighted by Crippen LogP contribution is 2.45. The first-order valence-electron chi connectivity index (χ1n) is 10.3. The number of pyridine rings is 1. The molecule has 31 heavy (non-hydrogen) atoms. The van der Waals surface area contributed by atoms with Gasteiger partial charge in [-0.25, -0.2) is 4.98 Å². The second-order valence-electron chi connectivity index (χ2n) is 7.56. The van der Waals surface area contributed by atoms with Crippen LogP contribution in [0.15, 0.2) is 66.7 Å². The van der Waals surface area contributed by atoms with Crippen molar-refractivity contribution in [3.63, 3.8) is 0 Å². The number of ether oxygens (including phenoxy) is 3. The summed E-state index contributed by atoms with van der Waals surface area (Å²) in [5.41, 5.74) is 5.39. The molecule has 5 rings (SSSR count). The molecule has 5 nitrogen and oxygen atoms in total. The number of aryl methyl sites for hydroxylation is 1. The Bertz CT molecular complexity index is 1250. The van der Waals surface area contributed by atoms with E-state index in [4.69, 9.17) is 19.2 Å². The van der Waals surface area contributed by atoms with E-state index in [1.54, 1.807) is 14.2 Å². The lowest BCUT2D eigenvalue weighted by molar-refractivity contribution is 0.397. The molecule has 0 fully saturated rings. The van der Waals surface area contributed by atoms with Crippen LogP contribution in [-0.4, -0.2) is 25.7 Å². The van der Waals surface area contributed by atoms with Crippen molar-refractivity contribution in [1.82, 2.24) is 4.98 Å². The molecule has 0 unspecified atom stereocenters. The lowest BCUT2D eigenvalue weighted by Crippen LogP contribution is -2.13. The Labute approximate surface area is 181 Å². The minimum atomic E-state index is 0.716. The van der Waals surface area contributed by atoms with Crippen molar-refractivity contribution in [3.8, 4) is 23.0 Å². The fraction of sp³-hybridized carbons (Fsp3) is 0.192. The highest BCUT2D eigenvalue weighted by Gasteiger charge is 2.27. The summed E-state index contributed by atoms with van der Waals surface area (Å²) in [7, 11) is 3.34. The highest BCUT2D eigenvalue weighted by molar-refractivity contribution is 6.01. The van der Waals surface area contributed by atoms with Crippen LogP contribution in [0.2, 0.25) is 0 Å². The number of benzene rings is 3. The molecule has 0 saturated heterocycles. The average molecular weight is 412 g/mol. The van der Waals surface area contributed by atoms with Gasteiger partial charge in [-0.05, 0) is 49.2 Å². The Morgan fingerprint density at radius 2 is 1.65 bits per heavy atom. The van der Waals surface area contributed by atoms with Crippen molar-refractivity contribution in [2.75, 3.05) is 25.7 Å². The molecule has 1 aliphatic rings. The van der Waals surface area contributed by atoms with Crippen LogP contribution in [0, 0.1) is 6.92 Å². The first kappa shape index (κ1) is 19.2. The molecule has 156 valence electrons. The molecule has 0 bridgehead atoms. The first-order valence-corrected chi connectivity index (χ1v) is 10.3. The van der Waals surface area contributed by atoms with Gasteiger partial charge in [0.2, 0.25) is 0 Å². The van der Waals surface area contributed by atoms with E-state index in [1.165, 1.54) is 5.56 Å². The molecule has 1 aromatic heterocycles. The van der Waals surface area contributed by atoms with Gasteiger partial charge in [-0.2, -0.15) is 0 Å². The molecule has 5 heteroatoms. The molecule has 0 N–H and O–H groups in total. The number of hydrogen-bond acceptors (Lipinski definition) is 5. The van der Waals surface area contributed by atoms with Gasteiger partial charge < -0.3 is 19.1 Å². The maximum Gasteiger partial charge on any atom is 0.148 e. The Balaban J connectivity index is 1.62. The van der Waals surface area contributed by atoms with E-state index in [0.29, 0.717) is 5.75 Å². The molecule has 0 amide bonds. The summed E-state index contributed by atoms with van der Waals surface area (Å²) in [5, 5.41) is 1.03. The van der Waals surface area contributed by atoms with Gasteiger partial charge in [0.25, 0.3) is 0 Å². The number of methoxy groups -OCH3 is 2. The summed E-state index contributed by atoms with van der Waals surface area (Å²) in [6, 6.07) is 22.0. The van der Waals surface area contributed by atoms with Crippen molar-refractivity contribution in [3.05, 3.63) is 78.0 Å². The van der Waals surface area contributed by atoms with E-state index >= 15 is 0 Å². The summed E-state index contributed by atoms with van der Waals surface area (Å²) in [5.74, 6) is 3.10. The van der Waals surface area contributed by atoms with Crippen LogP contribution in [0.5, 0.6) is 23.0 Å². The van der Waals surface area contributed by atoms with Gasteiger partial charge in [0.05, 0.1) is 19.9 Å². The summed E-state index contributed by atoms with van der Waals surface area (Å²) in [6.45, 7) is 2.95. The van der Waals surface area contributed by atoms with E-state index in [-0.39, 0.29) is 0 Å². The maximum atomic E-state index is 6.07. The predicted octanol–water partition coefficient (Wildman–Crippen LogP) is 6.05. The molecular weight excluding hydrogens is 388 g/mol. The van der Waals surface area contributed by atoms with Crippen LogP contribution in [0.1, 0.15) is 11.3 Å². The van der Waals surface area contributed by atoms with Crippen molar-refractivity contribution >= 4 is 22.3 Å². The van der Waals surface area contributed by atoms with Gasteiger partial charge in [-0.3, -0.25) is 0 Å². The molecule has 3 aromatic carbocycles. The number of anilines is 2. The fourth-order valence-corrected chi connectivity index (χ4v) is 4.26. The molecule has 0 aliphatic carbocycles. The van der Waals surface area contributed by atoms with Gasteiger partial charge in [-0.1, -0.05) is 24.3 Å². The van der Waals surface area contributed by atoms with Gasteiger partial charge in [0.15, 0.2) is 0 Å². The molecule has 4 aromatic rings. The molecule has 0 spiro atoms. The summed E-state index contributed by atoms with van der Waals surface area (Å²) < 4.78 is 17.2. The van der Waals surface area contributed by atoms with Crippen molar-refractivity contribution < 1.29 is 14.2 Å². The van der Waals surface area contributed by atoms with Crippen molar-refractivity contribution in [2.45, 2.75) is 13.3 Å². The summed E-state index contributed by atoms with van der Waals surface area (Å²) in [4.78, 5) is 7.20. The Kier molecular flexibility index (Phi) is 4.86. The van der Waals surface area contributed by atoms with Gasteiger partial charge in [0.1, 0.15) is 28.5 Å². The minimum Gasteiger partial charge on any atom is -0.497 e. The molecule has 0 saturated carbocycles. The largest absolute Gasteiger partial charge is 0.497 e. The molecule has 0 radical (unpaired) electrons. The summed E-state index contributed by atoms with van der Waals surface area (Å²) >= 11 is 0. The third-order valence-corrected chi connectivity index (χ3v) is 5.72. The Morgan fingerprint density at radius 3 is 2.42 bits per heavy atom. The van der Waals surface area contributed by atoms with Crippen molar-refractivity contribution in [2.24, 2.45) is 0 Å². The Morgan fingerprint density at radius 1 is 0.839 bits per heavy atom. The molecule has 0 atom stereocenters. The predicted molar refractivity (Wildman–Crippen MR) is 123 cm³/mol. The average Bonchev–Trinajstić information content (AvgIpc) is 3.26. The van der Waals surface area contributed by atoms with Gasteiger partial charge in [0, 0.05) is 35.4 Å². The normalized spacial score (nSPS) is 12.7. The third-order valence-electron chi connectivity index (χ3n) is 5.72. The number of fused-ring (bicyclic) bond motifs is 3. The van der Waals surface area contributed by atoms with Crippen LogP contribution >= 0.6 is 0 Å². The highest BCUT2D eigenvalue weighted by atomic mass is 16.5. The van der Waals surface area contributed by atoms with Crippen LogP contribution in [0.25, 0.3) is 10.9 Å². The zero-order chi connectivity index (χ0) is 21.4. The van der Waals surface area contributed by atoms with E-state index in [0.717, 1.165) is 58.2 Å². The lowest BCUT2D eigenvalue weighted by Gasteiger charge is -2.23. The number of para-hydroxylation sites is 1. The SMILES string of the molecule is COc1cc(OC)c2nc(C)c3c(c2c1)N(c1cccc(Oc2ccccc2)c1)CC3. The number of hydrogen-bond donors (Lipinski definition) is 0. The van der Waals surface area contributed by atoms with Gasteiger partial charge >= 0.3 is 0 Å². The third kappa shape index (κ3) is 3.42. The lowest BCUT2D eigenvalue weighted by atomic mass is 10.1. The monoisotopic (exact) mass is 412 g/mol. The second kappa shape index (κ2) is 7.84. The van der Waals surface area contributed by atoms with Gasteiger partial charge in [-0.15, -0.1) is 0 Å². The number of aromatic nitrogens is 1. The van der Waals surface area contributed by atoms with E-state index in [9.17, 15) is 0 Å². The minimum absolute atomic E-state index is 0.716. The zero-order valence-corrected chi connectivity index (χ0v) is 17.9. The topological polar surface area (TPSA) is 43.8 Å². The number of rotatable bonds is 5. The van der Waals surface area contributed by atoms with Crippen LogP contribution in [-0.2, 0) is 6.42 Å². The molecule has 2 heterocycles. The van der Waals surface area contributed by atoms with E-state index in [2.05, 4.69) is 24.0 Å². The van der Waals surface area contributed by atoms with Crippen molar-refractivity contribution in [1.29, 1.82) is 0 Å². The van der Waals surface area contributed by atoms with E-state index < -0.39 is 0 Å². The molecular formula is C26H24N2O3. The quantitative estimate of drug-likeness (QED) is 0.399. The Hall–Kier alpha value is -3.73. The smallest absolute Gasteiger partial charge is 0.148 e. The number of nitrogens with zero attached hydrogens (tertiary/aromatic N) is 2. The standard InChI is InChI=1S/C26H24N2O3/c1-17-22-12-13-28(18-8-7-11-20(14-18)31-19-9-5-4-6-10-19)26(22)23-15-21(29-2)16-24(30-3)25(23)27-17/h4-11,14-16H,12-13H2,1-3H3. The second-order valence-corrected chi connectivity index (χ2v) is 7.56.